The molecule has 2 aromatic carbocycles. The third kappa shape index (κ3) is 2.37. The maximum Gasteiger partial charge on any atom is 0.246 e. The van der Waals surface area contributed by atoms with Gasteiger partial charge in [0.15, 0.2) is 17.8 Å². The fourth-order valence-corrected chi connectivity index (χ4v) is 2.39. The summed E-state index contributed by atoms with van der Waals surface area (Å²) in [6.45, 7) is 1.44. The van der Waals surface area contributed by atoms with Gasteiger partial charge >= 0.3 is 0 Å². The second kappa shape index (κ2) is 5.24. The summed E-state index contributed by atoms with van der Waals surface area (Å²) in [5.74, 6) is 0. The van der Waals surface area contributed by atoms with Crippen molar-refractivity contribution in [1.29, 1.82) is 0 Å². The van der Waals surface area contributed by atoms with Crippen molar-refractivity contribution in [1.82, 2.24) is 4.57 Å². The maximum atomic E-state index is 5.25. The molecule has 0 saturated heterocycles. The SMILES string of the molecule is COCn1c[n+](Cc2ccccc2)c2ccccc21. The summed E-state index contributed by atoms with van der Waals surface area (Å²) in [5.41, 5.74) is 3.72. The number of fused-ring (bicyclic) bond motifs is 1. The summed E-state index contributed by atoms with van der Waals surface area (Å²) >= 11 is 0. The van der Waals surface area contributed by atoms with Gasteiger partial charge in [-0.05, 0) is 17.7 Å². The number of nitrogens with zero attached hydrogens (tertiary/aromatic N) is 2. The van der Waals surface area contributed by atoms with Crippen LogP contribution in [0.4, 0.5) is 0 Å². The number of para-hydroxylation sites is 2. The number of aromatic nitrogens is 2. The fraction of sp³-hybridized carbons (Fsp3) is 0.188. The summed E-state index contributed by atoms with van der Waals surface area (Å²) in [6, 6.07) is 18.9. The number of benzene rings is 2. The van der Waals surface area contributed by atoms with E-state index in [9.17, 15) is 0 Å². The normalized spacial score (nSPS) is 11.0. The molecule has 0 unspecified atom stereocenters. The summed E-state index contributed by atoms with van der Waals surface area (Å²) < 4.78 is 9.63. The van der Waals surface area contributed by atoms with Crippen molar-refractivity contribution in [2.45, 2.75) is 13.3 Å². The zero-order valence-electron chi connectivity index (χ0n) is 11.0. The van der Waals surface area contributed by atoms with Gasteiger partial charge in [0.25, 0.3) is 0 Å². The highest BCUT2D eigenvalue weighted by molar-refractivity contribution is 5.71. The first-order valence-corrected chi connectivity index (χ1v) is 6.38. The van der Waals surface area contributed by atoms with Crippen LogP contribution in [-0.2, 0) is 18.0 Å². The molecule has 96 valence electrons. The van der Waals surface area contributed by atoms with E-state index >= 15 is 0 Å². The first kappa shape index (κ1) is 11.9. The van der Waals surface area contributed by atoms with E-state index in [-0.39, 0.29) is 0 Å². The Hall–Kier alpha value is -2.13. The monoisotopic (exact) mass is 253 g/mol. The van der Waals surface area contributed by atoms with Crippen LogP contribution in [0, 0.1) is 0 Å². The Balaban J connectivity index is 2.03. The highest BCUT2D eigenvalue weighted by atomic mass is 16.5. The summed E-state index contributed by atoms with van der Waals surface area (Å²) in [4.78, 5) is 0. The lowest BCUT2D eigenvalue weighted by Gasteiger charge is -1.97. The lowest BCUT2D eigenvalue weighted by atomic mass is 10.2. The van der Waals surface area contributed by atoms with Crippen LogP contribution >= 0.6 is 0 Å². The quantitative estimate of drug-likeness (QED) is 0.654. The molecular weight excluding hydrogens is 236 g/mol. The maximum absolute atomic E-state index is 5.25. The number of hydrogen-bond donors (Lipinski definition) is 0. The largest absolute Gasteiger partial charge is 0.345 e. The Morgan fingerprint density at radius 2 is 1.74 bits per heavy atom. The van der Waals surface area contributed by atoms with Crippen LogP contribution in [0.3, 0.4) is 0 Å². The molecule has 0 spiro atoms. The van der Waals surface area contributed by atoms with Gasteiger partial charge in [-0.25, -0.2) is 9.13 Å². The molecule has 0 fully saturated rings. The van der Waals surface area contributed by atoms with Crippen LogP contribution in [0.5, 0.6) is 0 Å². The van der Waals surface area contributed by atoms with Crippen molar-refractivity contribution in [2.24, 2.45) is 0 Å². The van der Waals surface area contributed by atoms with Crippen LogP contribution in [0.15, 0.2) is 60.9 Å². The minimum absolute atomic E-state index is 0.572. The number of rotatable bonds is 4. The highest BCUT2D eigenvalue weighted by Gasteiger charge is 2.14. The Bertz CT molecular complexity index is 674. The smallest absolute Gasteiger partial charge is 0.246 e. The highest BCUT2D eigenvalue weighted by Crippen LogP contribution is 2.11. The molecule has 0 aliphatic rings. The molecule has 0 amide bonds. The van der Waals surface area contributed by atoms with Gasteiger partial charge in [0.1, 0.15) is 6.54 Å². The number of hydrogen-bond acceptors (Lipinski definition) is 1. The number of imidazole rings is 1. The van der Waals surface area contributed by atoms with E-state index in [0.717, 1.165) is 6.54 Å². The average Bonchev–Trinajstić information content (AvgIpc) is 2.79. The summed E-state index contributed by atoms with van der Waals surface area (Å²) in [6.07, 6.45) is 2.11. The molecule has 3 aromatic rings. The van der Waals surface area contributed by atoms with E-state index < -0.39 is 0 Å². The third-order valence-electron chi connectivity index (χ3n) is 3.24. The minimum Gasteiger partial charge on any atom is -0.345 e. The first-order valence-electron chi connectivity index (χ1n) is 6.38. The van der Waals surface area contributed by atoms with Crippen LogP contribution in [0.1, 0.15) is 5.56 Å². The standard InChI is InChI=1S/C16H17N2O/c1-19-13-18-12-17(11-14-7-3-2-4-8-14)15-9-5-6-10-16(15)18/h2-10,12H,11,13H2,1H3/q+1. The van der Waals surface area contributed by atoms with E-state index in [1.54, 1.807) is 7.11 Å². The van der Waals surface area contributed by atoms with E-state index in [0.29, 0.717) is 6.73 Å². The topological polar surface area (TPSA) is 18.0 Å². The molecule has 0 aliphatic heterocycles. The van der Waals surface area contributed by atoms with Crippen molar-refractivity contribution in [3.8, 4) is 0 Å². The van der Waals surface area contributed by atoms with E-state index in [1.807, 2.05) is 6.07 Å². The van der Waals surface area contributed by atoms with Gasteiger partial charge in [-0.3, -0.25) is 0 Å². The first-order chi connectivity index (χ1) is 9.38. The molecule has 3 heteroatoms. The van der Waals surface area contributed by atoms with Gasteiger partial charge in [0, 0.05) is 7.11 Å². The average molecular weight is 253 g/mol. The Morgan fingerprint density at radius 1 is 1.00 bits per heavy atom. The van der Waals surface area contributed by atoms with Crippen LogP contribution in [-0.4, -0.2) is 11.7 Å². The molecule has 3 nitrogen and oxygen atoms in total. The molecule has 0 radical (unpaired) electrons. The van der Waals surface area contributed by atoms with E-state index in [2.05, 4.69) is 64.0 Å². The fourth-order valence-electron chi connectivity index (χ4n) is 2.39. The lowest BCUT2D eigenvalue weighted by Crippen LogP contribution is -2.32. The lowest BCUT2D eigenvalue weighted by molar-refractivity contribution is -0.663. The van der Waals surface area contributed by atoms with Crippen molar-refractivity contribution >= 4 is 11.0 Å². The van der Waals surface area contributed by atoms with E-state index in [4.69, 9.17) is 4.74 Å². The molecule has 0 N–H and O–H groups in total. The Kier molecular flexibility index (Phi) is 3.29. The van der Waals surface area contributed by atoms with Gasteiger partial charge in [0.2, 0.25) is 6.33 Å². The van der Waals surface area contributed by atoms with Crippen LogP contribution in [0.25, 0.3) is 11.0 Å². The zero-order chi connectivity index (χ0) is 13.1. The van der Waals surface area contributed by atoms with E-state index in [1.165, 1.54) is 16.6 Å². The second-order valence-corrected chi connectivity index (χ2v) is 4.61. The van der Waals surface area contributed by atoms with Crippen molar-refractivity contribution < 1.29 is 9.30 Å². The van der Waals surface area contributed by atoms with Crippen molar-refractivity contribution in [2.75, 3.05) is 7.11 Å². The van der Waals surface area contributed by atoms with Crippen LogP contribution in [0.2, 0.25) is 0 Å². The molecule has 1 heterocycles. The minimum atomic E-state index is 0.572. The molecule has 1 aromatic heterocycles. The molecule has 0 bridgehead atoms. The molecule has 0 saturated carbocycles. The molecule has 0 aliphatic carbocycles. The van der Waals surface area contributed by atoms with Gasteiger partial charge in [-0.1, -0.05) is 42.5 Å². The van der Waals surface area contributed by atoms with Crippen LogP contribution < -0.4 is 4.57 Å². The molecule has 0 atom stereocenters. The van der Waals surface area contributed by atoms with Crippen molar-refractivity contribution in [3.63, 3.8) is 0 Å². The number of ether oxygens (including phenoxy) is 1. The summed E-state index contributed by atoms with van der Waals surface area (Å²) in [5, 5.41) is 0. The van der Waals surface area contributed by atoms with Gasteiger partial charge in [-0.2, -0.15) is 0 Å². The van der Waals surface area contributed by atoms with Gasteiger partial charge in [-0.15, -0.1) is 0 Å². The predicted octanol–water partition coefficient (Wildman–Crippen LogP) is 2.58. The summed E-state index contributed by atoms with van der Waals surface area (Å²) in [7, 11) is 1.72. The van der Waals surface area contributed by atoms with Crippen molar-refractivity contribution in [3.05, 3.63) is 66.5 Å². The molecule has 3 rings (SSSR count). The molecular formula is C16H17N2O+. The Morgan fingerprint density at radius 3 is 2.53 bits per heavy atom. The predicted molar refractivity (Wildman–Crippen MR) is 74.7 cm³/mol. The second-order valence-electron chi connectivity index (χ2n) is 4.61. The molecule has 19 heavy (non-hydrogen) atoms. The zero-order valence-corrected chi connectivity index (χ0v) is 11.0. The van der Waals surface area contributed by atoms with Gasteiger partial charge in [0.05, 0.1) is 0 Å². The number of methoxy groups -OCH3 is 1. The third-order valence-corrected chi connectivity index (χ3v) is 3.24. The Labute approximate surface area is 112 Å². The van der Waals surface area contributed by atoms with Gasteiger partial charge < -0.3 is 4.74 Å².